The van der Waals surface area contributed by atoms with Crippen LogP contribution >= 0.6 is 11.3 Å². The van der Waals surface area contributed by atoms with E-state index >= 15 is 0 Å². The lowest BCUT2D eigenvalue weighted by Crippen LogP contribution is -2.36. The number of morpholine rings is 1. The number of nitriles is 1. The van der Waals surface area contributed by atoms with Gasteiger partial charge in [0.25, 0.3) is 0 Å². The second kappa shape index (κ2) is 9.45. The molecule has 1 aliphatic rings. The van der Waals surface area contributed by atoms with E-state index in [0.717, 1.165) is 43.1 Å². The molecule has 0 saturated carbocycles. The topological polar surface area (TPSA) is 84.4 Å². The van der Waals surface area contributed by atoms with Gasteiger partial charge in [0.2, 0.25) is 5.88 Å². The first-order chi connectivity index (χ1) is 16.2. The van der Waals surface area contributed by atoms with E-state index < -0.39 is 0 Å². The van der Waals surface area contributed by atoms with Crippen LogP contribution in [0.4, 0.5) is 5.69 Å². The average molecular weight is 459 g/mol. The fourth-order valence-electron chi connectivity index (χ4n) is 3.82. The van der Waals surface area contributed by atoms with Gasteiger partial charge in [-0.05, 0) is 41.9 Å². The molecule has 0 amide bonds. The Labute approximate surface area is 195 Å². The predicted octanol–water partition coefficient (Wildman–Crippen LogP) is 5.06. The predicted molar refractivity (Wildman–Crippen MR) is 126 cm³/mol. The molecule has 1 saturated heterocycles. The molecule has 8 heteroatoms. The zero-order valence-electron chi connectivity index (χ0n) is 18.2. The van der Waals surface area contributed by atoms with Gasteiger partial charge in [-0.2, -0.15) is 16.6 Å². The van der Waals surface area contributed by atoms with Crippen LogP contribution in [-0.2, 0) is 11.3 Å². The normalized spacial score (nSPS) is 13.6. The fraction of sp³-hybridized carbons (Fsp3) is 0.240. The van der Waals surface area contributed by atoms with Crippen molar-refractivity contribution in [2.75, 3.05) is 31.2 Å². The Morgan fingerprint density at radius 2 is 2.00 bits per heavy atom. The zero-order chi connectivity index (χ0) is 22.6. The standard InChI is InChI=1S/C25H22N4O3S/c1-17-24(27-16-32-17)21-12-23(19-2-4-20(5-3-19)29-7-9-30-10-8-29)28-25(22(21)13-26)31-14-18-6-11-33-15-18/h2-6,11-12,15-16H,7-10,14H2,1H3. The summed E-state index contributed by atoms with van der Waals surface area (Å²) in [6.07, 6.45) is 1.38. The number of aromatic nitrogens is 2. The molecular weight excluding hydrogens is 436 g/mol. The molecule has 3 aromatic heterocycles. The van der Waals surface area contributed by atoms with Crippen molar-refractivity contribution in [3.8, 4) is 34.5 Å². The molecule has 7 nitrogen and oxygen atoms in total. The number of ether oxygens (including phenoxy) is 2. The third kappa shape index (κ3) is 4.46. The van der Waals surface area contributed by atoms with Crippen LogP contribution in [0.2, 0.25) is 0 Å². The van der Waals surface area contributed by atoms with E-state index in [9.17, 15) is 5.26 Å². The van der Waals surface area contributed by atoms with Gasteiger partial charge < -0.3 is 18.8 Å². The van der Waals surface area contributed by atoms with Crippen LogP contribution in [0.3, 0.4) is 0 Å². The molecule has 0 radical (unpaired) electrons. The second-order valence-corrected chi connectivity index (χ2v) is 8.45. The van der Waals surface area contributed by atoms with E-state index in [2.05, 4.69) is 28.1 Å². The summed E-state index contributed by atoms with van der Waals surface area (Å²) in [5.41, 5.74) is 5.42. The van der Waals surface area contributed by atoms with Crippen LogP contribution in [0, 0.1) is 18.3 Å². The van der Waals surface area contributed by atoms with E-state index in [1.807, 2.05) is 41.9 Å². The minimum atomic E-state index is 0.288. The fourth-order valence-corrected chi connectivity index (χ4v) is 4.48. The van der Waals surface area contributed by atoms with E-state index in [4.69, 9.17) is 18.9 Å². The molecule has 0 aliphatic carbocycles. The first-order valence-corrected chi connectivity index (χ1v) is 11.6. The molecule has 1 aromatic carbocycles. The largest absolute Gasteiger partial charge is 0.472 e. The van der Waals surface area contributed by atoms with E-state index in [1.165, 1.54) is 6.39 Å². The highest BCUT2D eigenvalue weighted by Crippen LogP contribution is 2.35. The summed E-state index contributed by atoms with van der Waals surface area (Å²) in [6.45, 7) is 5.40. The zero-order valence-corrected chi connectivity index (χ0v) is 19.0. The Morgan fingerprint density at radius 1 is 1.18 bits per heavy atom. The Morgan fingerprint density at radius 3 is 2.67 bits per heavy atom. The van der Waals surface area contributed by atoms with Crippen LogP contribution in [-0.4, -0.2) is 36.3 Å². The number of oxazole rings is 1. The summed E-state index contributed by atoms with van der Waals surface area (Å²) in [4.78, 5) is 11.4. The van der Waals surface area contributed by atoms with Gasteiger partial charge in [-0.3, -0.25) is 0 Å². The number of nitrogens with zero attached hydrogens (tertiary/aromatic N) is 4. The van der Waals surface area contributed by atoms with E-state index in [1.54, 1.807) is 11.3 Å². The van der Waals surface area contributed by atoms with Gasteiger partial charge in [-0.15, -0.1) is 0 Å². The van der Waals surface area contributed by atoms with Crippen LogP contribution in [0.5, 0.6) is 5.88 Å². The SMILES string of the molecule is Cc1ocnc1-c1cc(-c2ccc(N3CCOCC3)cc2)nc(OCc2ccsc2)c1C#N. The van der Waals surface area contributed by atoms with Crippen molar-refractivity contribution in [1.29, 1.82) is 5.26 Å². The molecular formula is C25H22N4O3S. The third-order valence-electron chi connectivity index (χ3n) is 5.59. The van der Waals surface area contributed by atoms with Gasteiger partial charge in [0.1, 0.15) is 29.7 Å². The number of thiophene rings is 1. The lowest BCUT2D eigenvalue weighted by molar-refractivity contribution is 0.122. The minimum absolute atomic E-state index is 0.288. The number of hydrogen-bond acceptors (Lipinski definition) is 8. The molecule has 1 fully saturated rings. The Hall–Kier alpha value is -3.67. The van der Waals surface area contributed by atoms with Gasteiger partial charge in [0, 0.05) is 35.5 Å². The van der Waals surface area contributed by atoms with Crippen molar-refractivity contribution < 1.29 is 13.9 Å². The summed E-state index contributed by atoms with van der Waals surface area (Å²) in [5.74, 6) is 0.922. The van der Waals surface area contributed by atoms with Crippen molar-refractivity contribution in [2.45, 2.75) is 13.5 Å². The number of aryl methyl sites for hydroxylation is 1. The highest BCUT2D eigenvalue weighted by Gasteiger charge is 2.20. The molecule has 5 rings (SSSR count). The van der Waals surface area contributed by atoms with Crippen molar-refractivity contribution in [3.05, 3.63) is 70.4 Å². The molecule has 166 valence electrons. The maximum Gasteiger partial charge on any atom is 0.233 e. The lowest BCUT2D eigenvalue weighted by atomic mass is 10.0. The van der Waals surface area contributed by atoms with Gasteiger partial charge in [0.15, 0.2) is 6.39 Å². The van der Waals surface area contributed by atoms with E-state index in [0.29, 0.717) is 34.9 Å². The maximum atomic E-state index is 9.95. The maximum absolute atomic E-state index is 9.95. The summed E-state index contributed by atoms with van der Waals surface area (Å²) >= 11 is 1.60. The first-order valence-electron chi connectivity index (χ1n) is 10.7. The van der Waals surface area contributed by atoms with Crippen LogP contribution in [0.1, 0.15) is 16.9 Å². The molecule has 0 bridgehead atoms. The quantitative estimate of drug-likeness (QED) is 0.399. The van der Waals surface area contributed by atoms with Crippen LogP contribution < -0.4 is 9.64 Å². The van der Waals surface area contributed by atoms with Crippen LogP contribution in [0.25, 0.3) is 22.5 Å². The molecule has 1 aliphatic heterocycles. The number of anilines is 1. The highest BCUT2D eigenvalue weighted by atomic mass is 32.1. The number of hydrogen-bond donors (Lipinski definition) is 0. The third-order valence-corrected chi connectivity index (χ3v) is 6.32. The van der Waals surface area contributed by atoms with Gasteiger partial charge in [-0.1, -0.05) is 12.1 Å². The smallest absolute Gasteiger partial charge is 0.233 e. The lowest BCUT2D eigenvalue weighted by Gasteiger charge is -2.28. The summed E-state index contributed by atoms with van der Waals surface area (Å²) < 4.78 is 16.9. The number of rotatable bonds is 6. The monoisotopic (exact) mass is 458 g/mol. The molecule has 4 heterocycles. The van der Waals surface area contributed by atoms with Crippen LogP contribution in [0.15, 0.2) is 58.0 Å². The molecule has 0 N–H and O–H groups in total. The van der Waals surface area contributed by atoms with Crippen molar-refractivity contribution in [2.24, 2.45) is 0 Å². The second-order valence-electron chi connectivity index (χ2n) is 7.67. The molecule has 33 heavy (non-hydrogen) atoms. The molecule has 4 aromatic rings. The first kappa shape index (κ1) is 21.2. The summed E-state index contributed by atoms with van der Waals surface area (Å²) in [7, 11) is 0. The van der Waals surface area contributed by atoms with Gasteiger partial charge in [0.05, 0.1) is 18.9 Å². The van der Waals surface area contributed by atoms with E-state index in [-0.39, 0.29) is 5.88 Å². The van der Waals surface area contributed by atoms with Crippen molar-refractivity contribution >= 4 is 17.0 Å². The highest BCUT2D eigenvalue weighted by molar-refractivity contribution is 7.07. The van der Waals surface area contributed by atoms with Gasteiger partial charge >= 0.3 is 0 Å². The number of pyridine rings is 1. The average Bonchev–Trinajstić information content (AvgIpc) is 3.54. The Balaban J connectivity index is 1.54. The Bertz CT molecular complexity index is 1270. The molecule has 0 atom stereocenters. The minimum Gasteiger partial charge on any atom is -0.472 e. The van der Waals surface area contributed by atoms with Crippen molar-refractivity contribution in [1.82, 2.24) is 9.97 Å². The molecule has 0 spiro atoms. The summed E-state index contributed by atoms with van der Waals surface area (Å²) in [5, 5.41) is 14.0. The molecule has 0 unspecified atom stereocenters. The van der Waals surface area contributed by atoms with Gasteiger partial charge in [-0.25, -0.2) is 9.97 Å². The van der Waals surface area contributed by atoms with Crippen molar-refractivity contribution in [3.63, 3.8) is 0 Å². The summed E-state index contributed by atoms with van der Waals surface area (Å²) in [6, 6.07) is 14.4. The number of benzene rings is 1. The Kier molecular flexibility index (Phi) is 6.07.